The van der Waals surface area contributed by atoms with Crippen molar-refractivity contribution in [3.63, 3.8) is 0 Å². The largest absolute Gasteiger partial charge is 0.500 e. The van der Waals surface area contributed by atoms with E-state index in [0.717, 1.165) is 39.2 Å². The predicted molar refractivity (Wildman–Crippen MR) is 155 cm³/mol. The Morgan fingerprint density at radius 2 is 1.95 bits per heavy atom. The van der Waals surface area contributed by atoms with E-state index in [1.807, 2.05) is 33.8 Å². The molecule has 2 aliphatic heterocycles. The Bertz CT molecular complexity index is 1290. The van der Waals surface area contributed by atoms with Crippen LogP contribution in [0, 0.1) is 5.82 Å². The Hall–Kier alpha value is -3.29. The highest BCUT2D eigenvalue weighted by molar-refractivity contribution is 5.85. The van der Waals surface area contributed by atoms with Gasteiger partial charge in [-0.25, -0.2) is 4.39 Å². The van der Waals surface area contributed by atoms with Gasteiger partial charge in [-0.2, -0.15) is 0 Å². The lowest BCUT2D eigenvalue weighted by molar-refractivity contribution is -0.225. The lowest BCUT2D eigenvalue weighted by Crippen LogP contribution is -2.38. The number of esters is 1. The fourth-order valence-electron chi connectivity index (χ4n) is 5.15. The third-order valence-electron chi connectivity index (χ3n) is 6.76. The second kappa shape index (κ2) is 12.5. The van der Waals surface area contributed by atoms with E-state index in [1.54, 1.807) is 24.5 Å². The lowest BCUT2D eigenvalue weighted by atomic mass is 9.86. The fourth-order valence-corrected chi connectivity index (χ4v) is 5.15. The van der Waals surface area contributed by atoms with Gasteiger partial charge in [-0.3, -0.25) is 9.78 Å². The Morgan fingerprint density at radius 1 is 1.23 bits per heavy atom. The maximum absolute atomic E-state index is 13.9. The average molecular weight is 550 g/mol. The molecule has 1 aromatic carbocycles. The molecule has 1 unspecified atom stereocenters. The smallest absolute Gasteiger partial charge is 0.308 e. The molecule has 0 aliphatic carbocycles. The van der Waals surface area contributed by atoms with Crippen LogP contribution in [0.1, 0.15) is 82.8 Å². The predicted octanol–water partition coefficient (Wildman–Crippen LogP) is 7.38. The van der Waals surface area contributed by atoms with Crippen LogP contribution in [0.2, 0.25) is 0 Å². The number of benzene rings is 1. The average Bonchev–Trinajstić information content (AvgIpc) is 3.07. The first-order valence-electron chi connectivity index (χ1n) is 13.9. The number of pyridine rings is 1. The second-order valence-corrected chi connectivity index (χ2v) is 11.6. The van der Waals surface area contributed by atoms with Crippen LogP contribution in [0.4, 0.5) is 4.39 Å². The minimum atomic E-state index is -0.554. The topological polar surface area (TPSA) is 66.9 Å². The lowest BCUT2D eigenvalue weighted by Gasteiger charge is -2.33. The highest BCUT2D eigenvalue weighted by atomic mass is 19.1. The Morgan fingerprint density at radius 3 is 2.60 bits per heavy atom. The molecule has 214 valence electrons. The fraction of sp³-hybridized carbons (Fsp3) is 0.455. The molecule has 40 heavy (non-hydrogen) atoms. The highest BCUT2D eigenvalue weighted by Crippen LogP contribution is 2.39. The maximum atomic E-state index is 13.9. The molecular formula is C33H40FNO5. The van der Waals surface area contributed by atoms with Crippen LogP contribution in [-0.2, 0) is 30.2 Å². The van der Waals surface area contributed by atoms with Crippen LogP contribution in [0.3, 0.4) is 0 Å². The summed E-state index contributed by atoms with van der Waals surface area (Å²) in [6.07, 6.45) is 7.78. The van der Waals surface area contributed by atoms with Crippen LogP contribution in [-0.4, -0.2) is 41.7 Å². The van der Waals surface area contributed by atoms with E-state index in [9.17, 15) is 9.18 Å². The van der Waals surface area contributed by atoms with Crippen molar-refractivity contribution in [3.05, 3.63) is 77.6 Å². The van der Waals surface area contributed by atoms with E-state index >= 15 is 0 Å². The van der Waals surface area contributed by atoms with Crippen LogP contribution in [0.25, 0.3) is 22.8 Å². The van der Waals surface area contributed by atoms with Crippen molar-refractivity contribution in [2.75, 3.05) is 6.61 Å². The molecule has 0 radical (unpaired) electrons. The van der Waals surface area contributed by atoms with Gasteiger partial charge in [0.2, 0.25) is 0 Å². The Kier molecular flexibility index (Phi) is 9.26. The van der Waals surface area contributed by atoms with Crippen molar-refractivity contribution in [1.82, 2.24) is 4.98 Å². The first-order chi connectivity index (χ1) is 18.9. The molecule has 2 aliphatic rings. The monoisotopic (exact) mass is 549 g/mol. The van der Waals surface area contributed by atoms with Gasteiger partial charge >= 0.3 is 5.97 Å². The number of hydrogen-bond acceptors (Lipinski definition) is 6. The summed E-state index contributed by atoms with van der Waals surface area (Å²) in [6.45, 7) is 16.1. The van der Waals surface area contributed by atoms with Gasteiger partial charge in [0.25, 0.3) is 0 Å². The summed E-state index contributed by atoms with van der Waals surface area (Å²) in [5.41, 5.74) is 5.89. The summed E-state index contributed by atoms with van der Waals surface area (Å²) in [4.78, 5) is 17.6. The molecule has 1 fully saturated rings. The van der Waals surface area contributed by atoms with Gasteiger partial charge in [-0.05, 0) is 62.4 Å². The number of aromatic nitrogens is 1. The van der Waals surface area contributed by atoms with E-state index < -0.39 is 11.9 Å². The standard InChI is InChI=1S/C33H40FNO5/c1-8-22-19-37-16-15-28-30(23-9-11-24(34)12-10-23)27(31(20(2)3)35-32(22)28)14-13-25-17-26(39-21(4)38-25)18-29(36)40-33(5,6)7/h8-14,19-21,25-26H,1,15-18H2,2-7H3/b14-13+/t21?,25-,26-/m1/s1. The second-order valence-electron chi connectivity index (χ2n) is 11.6. The molecule has 1 saturated heterocycles. The number of fused-ring (bicyclic) bond motifs is 1. The molecule has 7 heteroatoms. The molecule has 0 N–H and O–H groups in total. The first-order valence-corrected chi connectivity index (χ1v) is 13.9. The molecule has 0 spiro atoms. The molecular weight excluding hydrogens is 509 g/mol. The summed E-state index contributed by atoms with van der Waals surface area (Å²) in [6, 6.07) is 6.57. The SMILES string of the molecule is C=CC1=COCCc2c1nc(C(C)C)c(/C=C/[C@@H]1C[C@H](CC(=O)OC(C)(C)C)OC(C)O1)c2-c1ccc(F)cc1. The number of carbonyl (C=O) groups is 1. The number of nitrogens with zero attached hydrogens (tertiary/aromatic N) is 1. The van der Waals surface area contributed by atoms with Gasteiger partial charge in [-0.15, -0.1) is 0 Å². The third-order valence-corrected chi connectivity index (χ3v) is 6.76. The molecule has 6 nitrogen and oxygen atoms in total. The number of halogens is 1. The molecule has 3 atom stereocenters. The van der Waals surface area contributed by atoms with Crippen molar-refractivity contribution < 1.29 is 28.1 Å². The first kappa shape index (κ1) is 29.7. The van der Waals surface area contributed by atoms with Gasteiger partial charge in [0.1, 0.15) is 11.4 Å². The van der Waals surface area contributed by atoms with Gasteiger partial charge in [0.05, 0.1) is 42.9 Å². The molecule has 0 saturated carbocycles. The van der Waals surface area contributed by atoms with Gasteiger partial charge in [-0.1, -0.05) is 50.8 Å². The Labute approximate surface area is 236 Å². The summed E-state index contributed by atoms with van der Waals surface area (Å²) < 4.78 is 37.2. The van der Waals surface area contributed by atoms with Crippen LogP contribution < -0.4 is 0 Å². The number of carbonyl (C=O) groups excluding carboxylic acids is 1. The van der Waals surface area contributed by atoms with Crippen molar-refractivity contribution in [1.29, 1.82) is 0 Å². The van der Waals surface area contributed by atoms with E-state index in [1.165, 1.54) is 12.1 Å². The van der Waals surface area contributed by atoms with Crippen molar-refractivity contribution in [2.45, 2.75) is 90.8 Å². The van der Waals surface area contributed by atoms with E-state index in [2.05, 4.69) is 26.5 Å². The maximum Gasteiger partial charge on any atom is 0.308 e. The van der Waals surface area contributed by atoms with Crippen LogP contribution >= 0.6 is 0 Å². The zero-order chi connectivity index (χ0) is 29.0. The van der Waals surface area contributed by atoms with Crippen LogP contribution in [0.5, 0.6) is 0 Å². The van der Waals surface area contributed by atoms with Crippen molar-refractivity contribution >= 4 is 17.6 Å². The molecule has 0 bridgehead atoms. The van der Waals surface area contributed by atoms with Crippen molar-refractivity contribution in [2.24, 2.45) is 0 Å². The number of allylic oxidation sites excluding steroid dienone is 2. The number of ether oxygens (including phenoxy) is 4. The summed E-state index contributed by atoms with van der Waals surface area (Å²) in [7, 11) is 0. The summed E-state index contributed by atoms with van der Waals surface area (Å²) >= 11 is 0. The number of rotatable bonds is 7. The zero-order valence-corrected chi connectivity index (χ0v) is 24.3. The molecule has 0 amide bonds. The normalized spacial score (nSPS) is 21.4. The van der Waals surface area contributed by atoms with Gasteiger partial charge in [0, 0.05) is 24.0 Å². The van der Waals surface area contributed by atoms with E-state index in [0.29, 0.717) is 19.4 Å². The molecule has 4 rings (SSSR count). The molecule has 2 aromatic rings. The van der Waals surface area contributed by atoms with E-state index in [-0.39, 0.29) is 36.3 Å². The zero-order valence-electron chi connectivity index (χ0n) is 24.3. The number of hydrogen-bond donors (Lipinski definition) is 0. The van der Waals surface area contributed by atoms with Crippen molar-refractivity contribution in [3.8, 4) is 11.1 Å². The molecule has 3 heterocycles. The summed E-state index contributed by atoms with van der Waals surface area (Å²) in [5, 5.41) is 0. The van der Waals surface area contributed by atoms with E-state index in [4.69, 9.17) is 23.9 Å². The van der Waals surface area contributed by atoms with Crippen LogP contribution in [0.15, 0.2) is 49.3 Å². The third kappa shape index (κ3) is 7.26. The molecule has 1 aromatic heterocycles. The summed E-state index contributed by atoms with van der Waals surface area (Å²) in [5.74, 6) is -0.479. The minimum Gasteiger partial charge on any atom is -0.500 e. The van der Waals surface area contributed by atoms with Gasteiger partial charge in [0.15, 0.2) is 6.29 Å². The van der Waals surface area contributed by atoms with Gasteiger partial charge < -0.3 is 18.9 Å². The minimum absolute atomic E-state index is 0.105. The highest BCUT2D eigenvalue weighted by Gasteiger charge is 2.30. The quantitative estimate of drug-likeness (QED) is 0.336. The Balaban J connectivity index is 1.75.